The Morgan fingerprint density at radius 3 is 2.79 bits per heavy atom. The van der Waals surface area contributed by atoms with Gasteiger partial charge in [-0.1, -0.05) is 18.5 Å². The predicted molar refractivity (Wildman–Crippen MR) is 81.6 cm³/mol. The molecule has 1 aromatic rings. The topological polar surface area (TPSA) is 46.3 Å². The van der Waals surface area contributed by atoms with E-state index in [1.54, 1.807) is 6.07 Å². The Morgan fingerprint density at radius 2 is 2.16 bits per heavy atom. The van der Waals surface area contributed by atoms with Crippen molar-refractivity contribution in [3.05, 3.63) is 23.2 Å². The number of likely N-dealkylation sites (tertiary alicyclic amines) is 1. The Bertz CT molecular complexity index is 459. The van der Waals surface area contributed by atoms with Gasteiger partial charge < -0.3 is 10.6 Å². The number of carbonyl (C=O) groups excluding carboxylic acids is 1. The summed E-state index contributed by atoms with van der Waals surface area (Å²) in [5, 5.41) is 0.546. The lowest BCUT2D eigenvalue weighted by molar-refractivity contribution is -0.129. The van der Waals surface area contributed by atoms with Gasteiger partial charge >= 0.3 is 0 Å². The van der Waals surface area contributed by atoms with Crippen molar-refractivity contribution in [2.24, 2.45) is 5.92 Å². The van der Waals surface area contributed by atoms with Crippen LogP contribution in [0.25, 0.3) is 0 Å². The van der Waals surface area contributed by atoms with Crippen LogP contribution in [0.1, 0.15) is 19.8 Å². The molecule has 1 saturated heterocycles. The average Bonchev–Trinajstić information content (AvgIpc) is 2.40. The fraction of sp³-hybridized carbons (Fsp3) is 0.500. The van der Waals surface area contributed by atoms with E-state index in [0.29, 0.717) is 16.5 Å². The van der Waals surface area contributed by atoms with Crippen molar-refractivity contribution in [1.82, 2.24) is 4.90 Å². The van der Waals surface area contributed by atoms with Crippen LogP contribution in [0.5, 0.6) is 0 Å². The Kier molecular flexibility index (Phi) is 4.99. The number of piperidine rings is 1. The molecule has 0 aliphatic carbocycles. The molecule has 19 heavy (non-hydrogen) atoms. The van der Waals surface area contributed by atoms with Crippen molar-refractivity contribution < 1.29 is 4.79 Å². The van der Waals surface area contributed by atoms with E-state index in [9.17, 15) is 4.79 Å². The fourth-order valence-corrected chi connectivity index (χ4v) is 3.18. The summed E-state index contributed by atoms with van der Waals surface area (Å²) >= 11 is 7.47. The van der Waals surface area contributed by atoms with Crippen LogP contribution in [0.2, 0.25) is 5.02 Å². The zero-order valence-corrected chi connectivity index (χ0v) is 12.6. The molecule has 3 nitrogen and oxygen atoms in total. The van der Waals surface area contributed by atoms with Gasteiger partial charge in [0.25, 0.3) is 0 Å². The highest BCUT2D eigenvalue weighted by Crippen LogP contribution is 2.27. The molecule has 0 bridgehead atoms. The number of thioether (sulfide) groups is 1. The molecule has 2 rings (SSSR count). The van der Waals surface area contributed by atoms with E-state index in [0.717, 1.165) is 36.7 Å². The zero-order valence-electron chi connectivity index (χ0n) is 11.1. The van der Waals surface area contributed by atoms with Crippen LogP contribution in [-0.4, -0.2) is 29.6 Å². The summed E-state index contributed by atoms with van der Waals surface area (Å²) in [7, 11) is 0. The second-order valence-corrected chi connectivity index (χ2v) is 6.49. The maximum Gasteiger partial charge on any atom is 0.232 e. The number of carbonyl (C=O) groups is 1. The predicted octanol–water partition coefficient (Wildman–Crippen LogP) is 3.27. The number of halogens is 1. The highest BCUT2D eigenvalue weighted by atomic mass is 35.5. The van der Waals surface area contributed by atoms with E-state index in [2.05, 4.69) is 6.92 Å². The van der Waals surface area contributed by atoms with E-state index in [1.165, 1.54) is 11.8 Å². The highest BCUT2D eigenvalue weighted by molar-refractivity contribution is 8.00. The molecule has 2 N–H and O–H groups in total. The molecule has 0 radical (unpaired) electrons. The van der Waals surface area contributed by atoms with E-state index < -0.39 is 0 Å². The average molecular weight is 299 g/mol. The number of hydrogen-bond acceptors (Lipinski definition) is 3. The second kappa shape index (κ2) is 6.53. The number of nitrogens with zero attached hydrogens (tertiary/aromatic N) is 1. The lowest BCUT2D eigenvalue weighted by Crippen LogP contribution is -2.38. The number of amides is 1. The number of benzene rings is 1. The molecule has 1 fully saturated rings. The van der Waals surface area contributed by atoms with Crippen LogP contribution in [0, 0.1) is 5.92 Å². The van der Waals surface area contributed by atoms with E-state index >= 15 is 0 Å². The van der Waals surface area contributed by atoms with Crippen molar-refractivity contribution in [3.8, 4) is 0 Å². The van der Waals surface area contributed by atoms with E-state index in [-0.39, 0.29) is 5.91 Å². The summed E-state index contributed by atoms with van der Waals surface area (Å²) in [5.74, 6) is 1.42. The van der Waals surface area contributed by atoms with Crippen LogP contribution in [-0.2, 0) is 4.79 Å². The molecular weight excluding hydrogens is 280 g/mol. The molecule has 0 spiro atoms. The summed E-state index contributed by atoms with van der Waals surface area (Å²) in [5.41, 5.74) is 6.23. The minimum atomic E-state index is 0.213. The van der Waals surface area contributed by atoms with Gasteiger partial charge in [0, 0.05) is 18.0 Å². The maximum absolute atomic E-state index is 12.1. The van der Waals surface area contributed by atoms with Crippen molar-refractivity contribution in [2.45, 2.75) is 24.7 Å². The number of anilines is 1. The summed E-state index contributed by atoms with van der Waals surface area (Å²) in [4.78, 5) is 15.0. The highest BCUT2D eigenvalue weighted by Gasteiger charge is 2.20. The normalized spacial score (nSPS) is 16.6. The SMILES string of the molecule is CC1CCN(C(=O)CSc2ccc(N)c(Cl)c2)CC1. The van der Waals surface area contributed by atoms with Gasteiger partial charge in [0.05, 0.1) is 16.5 Å². The monoisotopic (exact) mass is 298 g/mol. The second-order valence-electron chi connectivity index (χ2n) is 5.04. The van der Waals surface area contributed by atoms with Crippen LogP contribution < -0.4 is 5.73 Å². The third-order valence-electron chi connectivity index (χ3n) is 3.47. The quantitative estimate of drug-likeness (QED) is 0.688. The van der Waals surface area contributed by atoms with Crippen molar-refractivity contribution >= 4 is 35.0 Å². The Hall–Kier alpha value is -0.870. The first-order valence-corrected chi connectivity index (χ1v) is 7.88. The summed E-state index contributed by atoms with van der Waals surface area (Å²) < 4.78 is 0. The molecule has 1 aliphatic rings. The van der Waals surface area contributed by atoms with Crippen molar-refractivity contribution in [1.29, 1.82) is 0 Å². The molecule has 1 aliphatic heterocycles. The van der Waals surface area contributed by atoms with Crippen molar-refractivity contribution in [3.63, 3.8) is 0 Å². The van der Waals surface area contributed by atoms with Crippen LogP contribution >= 0.6 is 23.4 Å². The third kappa shape index (κ3) is 4.05. The Balaban J connectivity index is 1.84. The standard InChI is InChI=1S/C14H19ClN2OS/c1-10-4-6-17(7-5-10)14(18)9-19-11-2-3-13(16)12(15)8-11/h2-3,8,10H,4-7,9,16H2,1H3. The molecule has 1 aromatic carbocycles. The van der Waals surface area contributed by atoms with Gasteiger partial charge in [0.2, 0.25) is 5.91 Å². The van der Waals surface area contributed by atoms with Crippen LogP contribution in [0.3, 0.4) is 0 Å². The fourth-order valence-electron chi connectivity index (χ4n) is 2.09. The van der Waals surface area contributed by atoms with Crippen molar-refractivity contribution in [2.75, 3.05) is 24.6 Å². The van der Waals surface area contributed by atoms with Gasteiger partial charge in [0.15, 0.2) is 0 Å². The van der Waals surface area contributed by atoms with Gasteiger partial charge in [-0.15, -0.1) is 11.8 Å². The third-order valence-corrected chi connectivity index (χ3v) is 4.78. The van der Waals surface area contributed by atoms with Crippen LogP contribution in [0.4, 0.5) is 5.69 Å². The number of nitrogens with two attached hydrogens (primary N) is 1. The van der Waals surface area contributed by atoms with E-state index in [4.69, 9.17) is 17.3 Å². The summed E-state index contributed by atoms with van der Waals surface area (Å²) in [6.07, 6.45) is 2.23. The summed E-state index contributed by atoms with van der Waals surface area (Å²) in [6.45, 7) is 4.03. The van der Waals surface area contributed by atoms with Gasteiger partial charge in [0.1, 0.15) is 0 Å². The molecule has 5 heteroatoms. The lowest BCUT2D eigenvalue weighted by Gasteiger charge is -2.30. The first-order chi connectivity index (χ1) is 9.06. The minimum absolute atomic E-state index is 0.213. The lowest BCUT2D eigenvalue weighted by atomic mass is 9.99. The molecule has 0 unspecified atom stereocenters. The molecule has 0 atom stereocenters. The molecular formula is C14H19ClN2OS. The van der Waals surface area contributed by atoms with Gasteiger partial charge in [-0.2, -0.15) is 0 Å². The zero-order chi connectivity index (χ0) is 13.8. The molecule has 1 amide bonds. The number of nitrogen functional groups attached to an aromatic ring is 1. The number of rotatable bonds is 3. The van der Waals surface area contributed by atoms with E-state index in [1.807, 2.05) is 17.0 Å². The molecule has 1 heterocycles. The summed E-state index contributed by atoms with van der Waals surface area (Å²) in [6, 6.07) is 5.49. The molecule has 0 saturated carbocycles. The molecule has 104 valence electrons. The first kappa shape index (κ1) is 14.5. The first-order valence-electron chi connectivity index (χ1n) is 6.52. The Labute approximate surface area is 123 Å². The maximum atomic E-state index is 12.1. The number of hydrogen-bond donors (Lipinski definition) is 1. The smallest absolute Gasteiger partial charge is 0.232 e. The van der Waals surface area contributed by atoms with Gasteiger partial charge in [-0.3, -0.25) is 4.79 Å². The van der Waals surface area contributed by atoms with Crippen LogP contribution in [0.15, 0.2) is 23.1 Å². The largest absolute Gasteiger partial charge is 0.398 e. The van der Waals surface area contributed by atoms with Gasteiger partial charge in [-0.25, -0.2) is 0 Å². The minimum Gasteiger partial charge on any atom is -0.398 e. The van der Waals surface area contributed by atoms with Gasteiger partial charge in [-0.05, 0) is 37.0 Å². The Morgan fingerprint density at radius 1 is 1.47 bits per heavy atom. The molecule has 0 aromatic heterocycles.